The summed E-state index contributed by atoms with van der Waals surface area (Å²) >= 11 is 0. The van der Waals surface area contributed by atoms with Gasteiger partial charge in [0, 0.05) is 18.9 Å². The van der Waals surface area contributed by atoms with Gasteiger partial charge in [-0.05, 0) is 19.1 Å². The maximum absolute atomic E-state index is 11.6. The third kappa shape index (κ3) is 1.82. The molecule has 1 fully saturated rings. The van der Waals surface area contributed by atoms with Gasteiger partial charge in [-0.2, -0.15) is 5.10 Å². The summed E-state index contributed by atoms with van der Waals surface area (Å²) < 4.78 is 0. The number of hydrogen-bond acceptors (Lipinski definition) is 3. The van der Waals surface area contributed by atoms with E-state index in [1.165, 1.54) is 0 Å². The van der Waals surface area contributed by atoms with E-state index in [0.29, 0.717) is 18.8 Å². The molecular weight excluding hydrogens is 190 g/mol. The van der Waals surface area contributed by atoms with Gasteiger partial charge in [0.05, 0.1) is 5.69 Å². The first kappa shape index (κ1) is 9.66. The molecule has 0 spiro atoms. The van der Waals surface area contributed by atoms with Crippen LogP contribution in [0.5, 0.6) is 0 Å². The van der Waals surface area contributed by atoms with Gasteiger partial charge in [-0.25, -0.2) is 0 Å². The van der Waals surface area contributed by atoms with E-state index in [1.807, 2.05) is 13.0 Å². The molecular formula is C11H11N3O. The SMILES string of the molecule is C#CC1CC(=O)N(c2ccc(C)nn2)C1. The Kier molecular flexibility index (Phi) is 2.38. The second-order valence-corrected chi connectivity index (χ2v) is 3.60. The number of hydrogen-bond donors (Lipinski definition) is 0. The highest BCUT2D eigenvalue weighted by Crippen LogP contribution is 2.22. The maximum Gasteiger partial charge on any atom is 0.229 e. The molecule has 0 aliphatic carbocycles. The van der Waals surface area contributed by atoms with Crippen LogP contribution in [-0.4, -0.2) is 22.6 Å². The predicted octanol–water partition coefficient (Wildman–Crippen LogP) is 0.771. The number of carbonyl (C=O) groups is 1. The van der Waals surface area contributed by atoms with Gasteiger partial charge < -0.3 is 0 Å². The van der Waals surface area contributed by atoms with Crippen molar-refractivity contribution in [2.75, 3.05) is 11.4 Å². The van der Waals surface area contributed by atoms with Gasteiger partial charge in [0.25, 0.3) is 0 Å². The summed E-state index contributed by atoms with van der Waals surface area (Å²) in [6.45, 7) is 2.40. The van der Waals surface area contributed by atoms with Gasteiger partial charge in [0.15, 0.2) is 5.82 Å². The van der Waals surface area contributed by atoms with Gasteiger partial charge in [-0.15, -0.1) is 17.4 Å². The van der Waals surface area contributed by atoms with Crippen molar-refractivity contribution in [3.8, 4) is 12.3 Å². The molecule has 1 aromatic heterocycles. The smallest absolute Gasteiger partial charge is 0.229 e. The lowest BCUT2D eigenvalue weighted by molar-refractivity contribution is -0.117. The van der Waals surface area contributed by atoms with Crippen molar-refractivity contribution in [3.63, 3.8) is 0 Å². The molecule has 1 saturated heterocycles. The standard InChI is InChI=1S/C11H11N3O/c1-3-9-6-11(15)14(7-9)10-5-4-8(2)12-13-10/h1,4-5,9H,6-7H2,2H3. The number of carbonyl (C=O) groups excluding carboxylic acids is 1. The van der Waals surface area contributed by atoms with E-state index < -0.39 is 0 Å². The molecule has 2 rings (SSSR count). The third-order valence-electron chi connectivity index (χ3n) is 2.42. The second kappa shape index (κ2) is 3.70. The van der Waals surface area contributed by atoms with E-state index in [1.54, 1.807) is 11.0 Å². The fourth-order valence-corrected chi connectivity index (χ4v) is 1.58. The third-order valence-corrected chi connectivity index (χ3v) is 2.42. The van der Waals surface area contributed by atoms with Crippen molar-refractivity contribution in [1.82, 2.24) is 10.2 Å². The first-order valence-corrected chi connectivity index (χ1v) is 4.77. The Morgan fingerprint density at radius 1 is 1.53 bits per heavy atom. The molecule has 0 N–H and O–H groups in total. The number of aromatic nitrogens is 2. The molecule has 1 aliphatic rings. The summed E-state index contributed by atoms with van der Waals surface area (Å²) in [5.74, 6) is 3.21. The average molecular weight is 201 g/mol. The minimum Gasteiger partial charge on any atom is -0.294 e. The van der Waals surface area contributed by atoms with Crippen molar-refractivity contribution in [1.29, 1.82) is 0 Å². The van der Waals surface area contributed by atoms with E-state index in [0.717, 1.165) is 5.69 Å². The Bertz CT molecular complexity index is 418. The topological polar surface area (TPSA) is 46.1 Å². The van der Waals surface area contributed by atoms with E-state index in [4.69, 9.17) is 6.42 Å². The molecule has 4 nitrogen and oxygen atoms in total. The monoisotopic (exact) mass is 201 g/mol. The van der Waals surface area contributed by atoms with Crippen LogP contribution < -0.4 is 4.90 Å². The summed E-state index contributed by atoms with van der Waals surface area (Å²) in [6, 6.07) is 3.62. The second-order valence-electron chi connectivity index (χ2n) is 3.60. The lowest BCUT2D eigenvalue weighted by Gasteiger charge is -2.13. The number of terminal acetylenes is 1. The quantitative estimate of drug-likeness (QED) is 0.630. The number of aryl methyl sites for hydroxylation is 1. The molecule has 0 saturated carbocycles. The van der Waals surface area contributed by atoms with Crippen LogP contribution in [0.4, 0.5) is 5.82 Å². The molecule has 1 aromatic rings. The molecule has 76 valence electrons. The number of nitrogens with zero attached hydrogens (tertiary/aromatic N) is 3. The predicted molar refractivity (Wildman–Crippen MR) is 56.1 cm³/mol. The summed E-state index contributed by atoms with van der Waals surface area (Å²) in [5.41, 5.74) is 0.832. The van der Waals surface area contributed by atoms with Gasteiger partial charge in [-0.1, -0.05) is 0 Å². The Morgan fingerprint density at radius 3 is 2.87 bits per heavy atom. The van der Waals surface area contributed by atoms with Crippen molar-refractivity contribution in [3.05, 3.63) is 17.8 Å². The van der Waals surface area contributed by atoms with Gasteiger partial charge >= 0.3 is 0 Å². The average Bonchev–Trinajstić information content (AvgIpc) is 2.61. The van der Waals surface area contributed by atoms with Crippen LogP contribution in [0.1, 0.15) is 12.1 Å². The summed E-state index contributed by atoms with van der Waals surface area (Å²) in [7, 11) is 0. The summed E-state index contributed by atoms with van der Waals surface area (Å²) in [6.07, 6.45) is 5.70. The zero-order valence-electron chi connectivity index (χ0n) is 8.47. The lowest BCUT2D eigenvalue weighted by atomic mass is 10.1. The lowest BCUT2D eigenvalue weighted by Crippen LogP contribution is -2.25. The van der Waals surface area contributed by atoms with Crippen molar-refractivity contribution >= 4 is 11.7 Å². The van der Waals surface area contributed by atoms with Gasteiger partial charge in [0.2, 0.25) is 5.91 Å². The Hall–Kier alpha value is -1.89. The van der Waals surface area contributed by atoms with Crippen LogP contribution in [0.25, 0.3) is 0 Å². The molecule has 1 aliphatic heterocycles. The summed E-state index contributed by atoms with van der Waals surface area (Å²) in [5, 5.41) is 7.88. The molecule has 1 unspecified atom stereocenters. The van der Waals surface area contributed by atoms with Crippen LogP contribution in [0, 0.1) is 25.2 Å². The Morgan fingerprint density at radius 2 is 2.33 bits per heavy atom. The van der Waals surface area contributed by atoms with Crippen molar-refractivity contribution < 1.29 is 4.79 Å². The van der Waals surface area contributed by atoms with Gasteiger partial charge in [0.1, 0.15) is 0 Å². The zero-order chi connectivity index (χ0) is 10.8. The largest absolute Gasteiger partial charge is 0.294 e. The molecule has 0 bridgehead atoms. The number of amides is 1. The van der Waals surface area contributed by atoms with E-state index in [-0.39, 0.29) is 11.8 Å². The summed E-state index contributed by atoms with van der Waals surface area (Å²) in [4.78, 5) is 13.2. The fourth-order valence-electron chi connectivity index (χ4n) is 1.58. The van der Waals surface area contributed by atoms with Crippen LogP contribution in [-0.2, 0) is 4.79 Å². The molecule has 1 atom stereocenters. The Balaban J connectivity index is 2.22. The van der Waals surface area contributed by atoms with Crippen LogP contribution in [0.15, 0.2) is 12.1 Å². The normalized spacial score (nSPS) is 20.4. The Labute approximate surface area is 88.3 Å². The van der Waals surface area contributed by atoms with E-state index in [2.05, 4.69) is 16.1 Å². The highest BCUT2D eigenvalue weighted by Gasteiger charge is 2.30. The zero-order valence-corrected chi connectivity index (χ0v) is 8.47. The molecule has 15 heavy (non-hydrogen) atoms. The van der Waals surface area contributed by atoms with Gasteiger partial charge in [-0.3, -0.25) is 9.69 Å². The van der Waals surface area contributed by atoms with Crippen LogP contribution in [0.3, 0.4) is 0 Å². The molecule has 4 heteroatoms. The molecule has 2 heterocycles. The first-order valence-electron chi connectivity index (χ1n) is 4.77. The highest BCUT2D eigenvalue weighted by atomic mass is 16.2. The van der Waals surface area contributed by atoms with E-state index >= 15 is 0 Å². The molecule has 0 radical (unpaired) electrons. The first-order chi connectivity index (χ1) is 7.20. The molecule has 0 aromatic carbocycles. The minimum atomic E-state index is 0.000558. The van der Waals surface area contributed by atoms with E-state index in [9.17, 15) is 4.79 Å². The van der Waals surface area contributed by atoms with Crippen LogP contribution in [0.2, 0.25) is 0 Å². The number of rotatable bonds is 1. The highest BCUT2D eigenvalue weighted by molar-refractivity contribution is 5.95. The van der Waals surface area contributed by atoms with Crippen molar-refractivity contribution in [2.24, 2.45) is 5.92 Å². The van der Waals surface area contributed by atoms with Crippen molar-refractivity contribution in [2.45, 2.75) is 13.3 Å². The molecule has 1 amide bonds. The minimum absolute atomic E-state index is 0.000558. The number of anilines is 1. The fraction of sp³-hybridized carbons (Fsp3) is 0.364. The maximum atomic E-state index is 11.6. The van der Waals surface area contributed by atoms with Crippen LogP contribution >= 0.6 is 0 Å².